The summed E-state index contributed by atoms with van der Waals surface area (Å²) in [6.07, 6.45) is 4.09. The van der Waals surface area contributed by atoms with E-state index >= 15 is 0 Å². The van der Waals surface area contributed by atoms with Crippen LogP contribution in [0.25, 0.3) is 0 Å². The first-order valence-corrected chi connectivity index (χ1v) is 6.06. The van der Waals surface area contributed by atoms with Crippen LogP contribution in [0.15, 0.2) is 18.2 Å². The number of benzene rings is 1. The predicted molar refractivity (Wildman–Crippen MR) is 63.4 cm³/mol. The minimum Gasteiger partial charge on any atom is -0.388 e. The minimum atomic E-state index is -0.471. The van der Waals surface area contributed by atoms with E-state index in [0.29, 0.717) is 16.0 Å². The molecule has 82 valence electrons. The van der Waals surface area contributed by atoms with Gasteiger partial charge in [-0.2, -0.15) is 0 Å². The van der Waals surface area contributed by atoms with Crippen LogP contribution < -0.4 is 0 Å². The molecule has 0 spiro atoms. The van der Waals surface area contributed by atoms with E-state index in [0.717, 1.165) is 12.0 Å². The summed E-state index contributed by atoms with van der Waals surface area (Å²) in [6, 6.07) is 5.41. The van der Waals surface area contributed by atoms with Gasteiger partial charge in [0.05, 0.1) is 16.1 Å². The van der Waals surface area contributed by atoms with Crippen molar-refractivity contribution in [3.05, 3.63) is 33.8 Å². The summed E-state index contributed by atoms with van der Waals surface area (Å²) in [5.74, 6) is 0.662. The van der Waals surface area contributed by atoms with Crippen LogP contribution >= 0.6 is 23.2 Å². The summed E-state index contributed by atoms with van der Waals surface area (Å²) < 4.78 is 0. The van der Waals surface area contributed by atoms with Crippen LogP contribution in [0.1, 0.15) is 37.4 Å². The topological polar surface area (TPSA) is 20.2 Å². The number of hydrogen-bond acceptors (Lipinski definition) is 1. The van der Waals surface area contributed by atoms with Crippen molar-refractivity contribution in [2.75, 3.05) is 0 Å². The Bertz CT molecular complexity index is 347. The summed E-state index contributed by atoms with van der Waals surface area (Å²) in [5.41, 5.74) is 0.760. The fourth-order valence-electron chi connectivity index (χ4n) is 1.95. The molecule has 1 N–H and O–H groups in total. The summed E-state index contributed by atoms with van der Waals surface area (Å²) in [6.45, 7) is 0. The monoisotopic (exact) mass is 244 g/mol. The molecule has 15 heavy (non-hydrogen) atoms. The highest BCUT2D eigenvalue weighted by Crippen LogP contribution is 2.37. The van der Waals surface area contributed by atoms with Gasteiger partial charge in [0.1, 0.15) is 0 Å². The molecule has 1 aromatic carbocycles. The Morgan fingerprint density at radius 3 is 2.67 bits per heavy atom. The van der Waals surface area contributed by atoms with Crippen molar-refractivity contribution >= 4 is 23.2 Å². The second kappa shape index (κ2) is 4.73. The van der Waals surface area contributed by atoms with E-state index in [1.165, 1.54) is 19.3 Å². The van der Waals surface area contributed by atoms with Crippen LogP contribution in [0.5, 0.6) is 0 Å². The van der Waals surface area contributed by atoms with Crippen molar-refractivity contribution in [2.45, 2.75) is 31.8 Å². The molecule has 1 fully saturated rings. The Kier molecular flexibility index (Phi) is 3.55. The molecule has 1 atom stereocenters. The third-order valence-corrected chi connectivity index (χ3v) is 3.96. The standard InChI is InChI=1S/C12H14Cl2O/c13-10-6-2-5-9(12(10)14)11(15)7-8-3-1-4-8/h2,5-6,8,11,15H,1,3-4,7H2. The van der Waals surface area contributed by atoms with Crippen LogP contribution in [0.2, 0.25) is 10.0 Å². The Hall–Kier alpha value is -0.240. The highest BCUT2D eigenvalue weighted by atomic mass is 35.5. The Morgan fingerprint density at radius 2 is 2.07 bits per heavy atom. The third-order valence-electron chi connectivity index (χ3n) is 3.12. The summed E-state index contributed by atoms with van der Waals surface area (Å²) >= 11 is 11.9. The van der Waals surface area contributed by atoms with E-state index in [4.69, 9.17) is 23.2 Å². The lowest BCUT2D eigenvalue weighted by molar-refractivity contribution is 0.118. The van der Waals surface area contributed by atoms with Crippen molar-refractivity contribution in [1.82, 2.24) is 0 Å². The summed E-state index contributed by atoms with van der Waals surface area (Å²) in [5, 5.41) is 11.0. The molecule has 0 radical (unpaired) electrons. The smallest absolute Gasteiger partial charge is 0.0807 e. The molecule has 0 bridgehead atoms. The molecular formula is C12H14Cl2O. The lowest BCUT2D eigenvalue weighted by atomic mass is 9.80. The van der Waals surface area contributed by atoms with Crippen LogP contribution in [0, 0.1) is 5.92 Å². The van der Waals surface area contributed by atoms with Gasteiger partial charge in [0.2, 0.25) is 0 Å². The highest BCUT2D eigenvalue weighted by Gasteiger charge is 2.23. The van der Waals surface area contributed by atoms with Crippen LogP contribution in [-0.2, 0) is 0 Å². The van der Waals surface area contributed by atoms with E-state index in [2.05, 4.69) is 0 Å². The molecule has 0 heterocycles. The Morgan fingerprint density at radius 1 is 1.33 bits per heavy atom. The molecule has 3 heteroatoms. The van der Waals surface area contributed by atoms with E-state index in [1.54, 1.807) is 6.07 Å². The van der Waals surface area contributed by atoms with Gasteiger partial charge in [-0.05, 0) is 18.4 Å². The molecular weight excluding hydrogens is 231 g/mol. The maximum absolute atomic E-state index is 10.0. The first-order valence-electron chi connectivity index (χ1n) is 5.30. The fourth-order valence-corrected chi connectivity index (χ4v) is 2.38. The van der Waals surface area contributed by atoms with Gasteiger partial charge < -0.3 is 5.11 Å². The third kappa shape index (κ3) is 2.47. The molecule has 1 aromatic rings. The SMILES string of the molecule is OC(CC1CCC1)c1cccc(Cl)c1Cl. The number of halogens is 2. The molecule has 1 aliphatic carbocycles. The van der Waals surface area contributed by atoms with Gasteiger partial charge in [-0.25, -0.2) is 0 Å². The van der Waals surface area contributed by atoms with Gasteiger partial charge in [0, 0.05) is 5.56 Å². The zero-order valence-electron chi connectivity index (χ0n) is 8.42. The first-order chi connectivity index (χ1) is 7.18. The second-order valence-electron chi connectivity index (χ2n) is 4.19. The average Bonchev–Trinajstić information content (AvgIpc) is 2.15. The fraction of sp³-hybridized carbons (Fsp3) is 0.500. The maximum atomic E-state index is 10.0. The molecule has 1 unspecified atom stereocenters. The predicted octanol–water partition coefficient (Wildman–Crippen LogP) is 4.22. The molecule has 1 saturated carbocycles. The lowest BCUT2D eigenvalue weighted by Crippen LogP contribution is -2.15. The molecule has 1 aliphatic rings. The highest BCUT2D eigenvalue weighted by molar-refractivity contribution is 6.42. The number of aliphatic hydroxyl groups excluding tert-OH is 1. The lowest BCUT2D eigenvalue weighted by Gasteiger charge is -2.28. The Labute approximate surface area is 100 Å². The summed E-state index contributed by atoms with van der Waals surface area (Å²) in [7, 11) is 0. The van der Waals surface area contributed by atoms with Gasteiger partial charge in [-0.15, -0.1) is 0 Å². The average molecular weight is 245 g/mol. The van der Waals surface area contributed by atoms with Gasteiger partial charge in [-0.1, -0.05) is 54.6 Å². The van der Waals surface area contributed by atoms with Crippen molar-refractivity contribution < 1.29 is 5.11 Å². The minimum absolute atomic E-state index is 0.471. The summed E-state index contributed by atoms with van der Waals surface area (Å²) in [4.78, 5) is 0. The van der Waals surface area contributed by atoms with Crippen molar-refractivity contribution in [3.63, 3.8) is 0 Å². The van der Waals surface area contributed by atoms with Gasteiger partial charge >= 0.3 is 0 Å². The molecule has 0 aliphatic heterocycles. The zero-order valence-corrected chi connectivity index (χ0v) is 9.93. The largest absolute Gasteiger partial charge is 0.388 e. The van der Waals surface area contributed by atoms with E-state index < -0.39 is 6.10 Å². The van der Waals surface area contributed by atoms with E-state index in [9.17, 15) is 5.11 Å². The van der Waals surface area contributed by atoms with Crippen LogP contribution in [0.3, 0.4) is 0 Å². The van der Waals surface area contributed by atoms with Crippen LogP contribution in [0.4, 0.5) is 0 Å². The van der Waals surface area contributed by atoms with Gasteiger partial charge in [0.25, 0.3) is 0 Å². The van der Waals surface area contributed by atoms with Gasteiger partial charge in [-0.3, -0.25) is 0 Å². The molecule has 0 saturated heterocycles. The van der Waals surface area contributed by atoms with E-state index in [1.807, 2.05) is 12.1 Å². The van der Waals surface area contributed by atoms with Crippen molar-refractivity contribution in [2.24, 2.45) is 5.92 Å². The van der Waals surface area contributed by atoms with E-state index in [-0.39, 0.29) is 0 Å². The zero-order chi connectivity index (χ0) is 10.8. The van der Waals surface area contributed by atoms with Crippen LogP contribution in [-0.4, -0.2) is 5.11 Å². The number of rotatable bonds is 3. The van der Waals surface area contributed by atoms with Crippen molar-refractivity contribution in [1.29, 1.82) is 0 Å². The number of hydrogen-bond donors (Lipinski definition) is 1. The normalized spacial score (nSPS) is 18.6. The first kappa shape index (κ1) is 11.3. The Balaban J connectivity index is 2.09. The molecule has 0 amide bonds. The van der Waals surface area contributed by atoms with Crippen molar-refractivity contribution in [3.8, 4) is 0 Å². The molecule has 2 rings (SSSR count). The quantitative estimate of drug-likeness (QED) is 0.845. The van der Waals surface area contributed by atoms with Gasteiger partial charge in [0.15, 0.2) is 0 Å². The molecule has 1 nitrogen and oxygen atoms in total. The number of aliphatic hydroxyl groups is 1. The maximum Gasteiger partial charge on any atom is 0.0807 e. The second-order valence-corrected chi connectivity index (χ2v) is 4.98. The molecule has 0 aromatic heterocycles.